The first-order chi connectivity index (χ1) is 9.58. The summed E-state index contributed by atoms with van der Waals surface area (Å²) >= 11 is 0. The molecule has 1 N–H and O–H groups in total. The Bertz CT molecular complexity index is 692. The Morgan fingerprint density at radius 2 is 2.10 bits per heavy atom. The van der Waals surface area contributed by atoms with Gasteiger partial charge in [-0.2, -0.15) is 5.10 Å². The zero-order chi connectivity index (χ0) is 14.3. The number of aromatic nitrogens is 2. The molecule has 1 unspecified atom stereocenters. The third-order valence-electron chi connectivity index (χ3n) is 3.74. The van der Waals surface area contributed by atoms with Crippen molar-refractivity contribution in [3.8, 4) is 0 Å². The molecule has 2 heterocycles. The number of hydrogen-bond acceptors (Lipinski definition) is 3. The number of benzene rings is 1. The monoisotopic (exact) mass is 272 g/mol. The predicted octanol–water partition coefficient (Wildman–Crippen LogP) is 0.420. The fourth-order valence-electron chi connectivity index (χ4n) is 2.56. The Morgan fingerprint density at radius 1 is 1.35 bits per heavy atom. The number of fused-ring (bicyclic) bond motifs is 1. The first-order valence-electron chi connectivity index (χ1n) is 6.55. The number of carbonyl (C=O) groups is 2. The van der Waals surface area contributed by atoms with Crippen molar-refractivity contribution >= 4 is 22.7 Å². The van der Waals surface area contributed by atoms with Gasteiger partial charge in [0.2, 0.25) is 11.8 Å². The van der Waals surface area contributed by atoms with Crippen LogP contribution in [0.3, 0.4) is 0 Å². The molecule has 20 heavy (non-hydrogen) atoms. The maximum absolute atomic E-state index is 12.0. The van der Waals surface area contributed by atoms with Gasteiger partial charge in [-0.1, -0.05) is 18.2 Å². The Balaban J connectivity index is 1.96. The maximum Gasteiger partial charge on any atom is 0.242 e. The standard InChI is InChI=1S/C14H16N4O2/c1-9-14(20)15-7-13(19)18(9)8-11-10-5-3-4-6-12(10)17(2)16-11/h3-6,9H,7-8H2,1-2H3,(H,15,20). The van der Waals surface area contributed by atoms with E-state index in [9.17, 15) is 9.59 Å². The van der Waals surface area contributed by atoms with Crippen LogP contribution in [0.4, 0.5) is 0 Å². The number of nitrogens with one attached hydrogen (secondary N) is 1. The minimum atomic E-state index is -0.461. The van der Waals surface area contributed by atoms with Crippen molar-refractivity contribution in [1.82, 2.24) is 20.0 Å². The molecule has 2 amide bonds. The summed E-state index contributed by atoms with van der Waals surface area (Å²) in [6.45, 7) is 2.15. The second-order valence-electron chi connectivity index (χ2n) is 5.00. The van der Waals surface area contributed by atoms with Crippen LogP contribution < -0.4 is 5.32 Å². The van der Waals surface area contributed by atoms with Gasteiger partial charge in [0.15, 0.2) is 0 Å². The average molecular weight is 272 g/mol. The van der Waals surface area contributed by atoms with E-state index in [4.69, 9.17) is 0 Å². The lowest BCUT2D eigenvalue weighted by Crippen LogP contribution is -2.56. The van der Waals surface area contributed by atoms with Gasteiger partial charge in [0.1, 0.15) is 6.04 Å². The van der Waals surface area contributed by atoms with Crippen molar-refractivity contribution in [3.63, 3.8) is 0 Å². The van der Waals surface area contributed by atoms with Gasteiger partial charge in [-0.3, -0.25) is 14.3 Å². The molecule has 2 aromatic rings. The highest BCUT2D eigenvalue weighted by Crippen LogP contribution is 2.20. The van der Waals surface area contributed by atoms with E-state index in [0.717, 1.165) is 16.6 Å². The van der Waals surface area contributed by atoms with Crippen molar-refractivity contribution in [2.75, 3.05) is 6.54 Å². The predicted molar refractivity (Wildman–Crippen MR) is 73.7 cm³/mol. The summed E-state index contributed by atoms with van der Waals surface area (Å²) in [6, 6.07) is 7.41. The number of hydrogen-bond donors (Lipinski definition) is 1. The zero-order valence-corrected chi connectivity index (χ0v) is 11.5. The lowest BCUT2D eigenvalue weighted by Gasteiger charge is -2.32. The summed E-state index contributed by atoms with van der Waals surface area (Å²) in [6.07, 6.45) is 0. The summed E-state index contributed by atoms with van der Waals surface area (Å²) in [5.74, 6) is -0.198. The second-order valence-corrected chi connectivity index (χ2v) is 5.00. The van der Waals surface area contributed by atoms with Crippen LogP contribution in [0.1, 0.15) is 12.6 Å². The Labute approximate surface area is 116 Å². The molecule has 3 rings (SSSR count). The van der Waals surface area contributed by atoms with Crippen molar-refractivity contribution in [2.24, 2.45) is 7.05 Å². The molecule has 6 heteroatoms. The number of rotatable bonds is 2. The van der Waals surface area contributed by atoms with E-state index in [1.165, 1.54) is 0 Å². The number of para-hydroxylation sites is 1. The molecule has 0 spiro atoms. The highest BCUT2D eigenvalue weighted by Gasteiger charge is 2.31. The highest BCUT2D eigenvalue weighted by atomic mass is 16.2. The van der Waals surface area contributed by atoms with Gasteiger partial charge in [-0.05, 0) is 13.0 Å². The number of nitrogens with zero attached hydrogens (tertiary/aromatic N) is 3. The zero-order valence-electron chi connectivity index (χ0n) is 11.5. The van der Waals surface area contributed by atoms with Crippen molar-refractivity contribution in [3.05, 3.63) is 30.0 Å². The van der Waals surface area contributed by atoms with Crippen LogP contribution in [0.25, 0.3) is 10.9 Å². The van der Waals surface area contributed by atoms with E-state index in [-0.39, 0.29) is 18.4 Å². The van der Waals surface area contributed by atoms with Crippen molar-refractivity contribution in [1.29, 1.82) is 0 Å². The largest absolute Gasteiger partial charge is 0.345 e. The highest BCUT2D eigenvalue weighted by molar-refractivity contribution is 5.94. The van der Waals surface area contributed by atoms with Gasteiger partial charge < -0.3 is 10.2 Å². The second kappa shape index (κ2) is 4.63. The number of amides is 2. The lowest BCUT2D eigenvalue weighted by molar-refractivity contribution is -0.145. The Kier molecular flexibility index (Phi) is 2.93. The van der Waals surface area contributed by atoms with Crippen LogP contribution >= 0.6 is 0 Å². The van der Waals surface area contributed by atoms with Gasteiger partial charge in [0.05, 0.1) is 24.3 Å². The van der Waals surface area contributed by atoms with Crippen LogP contribution in [-0.4, -0.2) is 39.1 Å². The molecule has 1 atom stereocenters. The molecule has 1 aliphatic heterocycles. The quantitative estimate of drug-likeness (QED) is 0.861. The van der Waals surface area contributed by atoms with Crippen LogP contribution in [0.5, 0.6) is 0 Å². The number of aryl methyl sites for hydroxylation is 1. The van der Waals surface area contributed by atoms with E-state index >= 15 is 0 Å². The first-order valence-corrected chi connectivity index (χ1v) is 6.55. The average Bonchev–Trinajstić information content (AvgIpc) is 2.77. The molecular formula is C14H16N4O2. The van der Waals surface area contributed by atoms with Crippen molar-refractivity contribution < 1.29 is 9.59 Å². The van der Waals surface area contributed by atoms with Crippen LogP contribution in [0.2, 0.25) is 0 Å². The molecule has 1 aliphatic rings. The summed E-state index contributed by atoms with van der Waals surface area (Å²) in [7, 11) is 1.87. The SMILES string of the molecule is CC1C(=O)NCC(=O)N1Cc1nn(C)c2ccccc12. The minimum absolute atomic E-state index is 0.0634. The number of carbonyl (C=O) groups excluding carboxylic acids is 2. The van der Waals surface area contributed by atoms with E-state index in [1.54, 1.807) is 16.5 Å². The molecule has 1 aromatic carbocycles. The fourth-order valence-corrected chi connectivity index (χ4v) is 2.56. The minimum Gasteiger partial charge on any atom is -0.345 e. The third-order valence-corrected chi connectivity index (χ3v) is 3.74. The van der Waals surface area contributed by atoms with E-state index in [0.29, 0.717) is 6.54 Å². The van der Waals surface area contributed by atoms with Gasteiger partial charge in [0.25, 0.3) is 0 Å². The molecular weight excluding hydrogens is 256 g/mol. The molecule has 6 nitrogen and oxygen atoms in total. The lowest BCUT2D eigenvalue weighted by atomic mass is 10.1. The summed E-state index contributed by atoms with van der Waals surface area (Å²) < 4.78 is 1.80. The smallest absolute Gasteiger partial charge is 0.242 e. The number of piperazine rings is 1. The Hall–Kier alpha value is -2.37. The van der Waals surface area contributed by atoms with Crippen LogP contribution in [0, 0.1) is 0 Å². The van der Waals surface area contributed by atoms with Gasteiger partial charge >= 0.3 is 0 Å². The molecule has 1 saturated heterocycles. The molecule has 1 aromatic heterocycles. The van der Waals surface area contributed by atoms with Gasteiger partial charge in [-0.25, -0.2) is 0 Å². The molecule has 0 aliphatic carbocycles. The first kappa shape index (κ1) is 12.7. The third kappa shape index (κ3) is 1.93. The molecule has 0 saturated carbocycles. The molecule has 0 bridgehead atoms. The maximum atomic E-state index is 12.0. The molecule has 1 fully saturated rings. The summed E-state index contributed by atoms with van der Waals surface area (Å²) in [5.41, 5.74) is 1.84. The van der Waals surface area contributed by atoms with E-state index in [2.05, 4.69) is 10.4 Å². The molecule has 0 radical (unpaired) electrons. The van der Waals surface area contributed by atoms with Crippen molar-refractivity contribution in [2.45, 2.75) is 19.5 Å². The van der Waals surface area contributed by atoms with E-state index < -0.39 is 6.04 Å². The van der Waals surface area contributed by atoms with Gasteiger partial charge in [-0.15, -0.1) is 0 Å². The fraction of sp³-hybridized carbons (Fsp3) is 0.357. The van der Waals surface area contributed by atoms with Gasteiger partial charge in [0, 0.05) is 12.4 Å². The summed E-state index contributed by atoms with van der Waals surface area (Å²) in [5, 5.41) is 8.07. The molecule has 104 valence electrons. The Morgan fingerprint density at radius 3 is 2.90 bits per heavy atom. The summed E-state index contributed by atoms with van der Waals surface area (Å²) in [4.78, 5) is 25.2. The van der Waals surface area contributed by atoms with Crippen LogP contribution in [0.15, 0.2) is 24.3 Å². The van der Waals surface area contributed by atoms with E-state index in [1.807, 2.05) is 31.3 Å². The normalized spacial score (nSPS) is 19.5. The van der Waals surface area contributed by atoms with Crippen LogP contribution in [-0.2, 0) is 23.2 Å². The topological polar surface area (TPSA) is 67.2 Å².